The smallest absolute Gasteiger partial charge is 0.230 e. The van der Waals surface area contributed by atoms with Crippen molar-refractivity contribution in [3.05, 3.63) is 222 Å². The minimum atomic E-state index is -0.174. The van der Waals surface area contributed by atoms with Crippen LogP contribution in [0.15, 0.2) is 183 Å². The lowest BCUT2D eigenvalue weighted by atomic mass is 9.93. The number of anilines is 8. The van der Waals surface area contributed by atoms with E-state index < -0.39 is 0 Å². The van der Waals surface area contributed by atoms with E-state index in [1.165, 1.54) is 12.7 Å². The van der Waals surface area contributed by atoms with Gasteiger partial charge in [-0.1, -0.05) is 228 Å². The van der Waals surface area contributed by atoms with Crippen molar-refractivity contribution in [1.29, 1.82) is 0 Å². The highest BCUT2D eigenvalue weighted by atomic mass is 16.5. The van der Waals surface area contributed by atoms with Crippen molar-refractivity contribution >= 4 is 103 Å². The molecule has 0 saturated heterocycles. The molecule has 12 aromatic heterocycles. The Morgan fingerprint density at radius 2 is 0.688 bits per heavy atom. The van der Waals surface area contributed by atoms with Crippen molar-refractivity contribution in [2.45, 2.75) is 210 Å². The van der Waals surface area contributed by atoms with Crippen LogP contribution in [-0.4, -0.2) is 107 Å². The molecule has 664 valence electrons. The van der Waals surface area contributed by atoms with Gasteiger partial charge in [0.2, 0.25) is 23.6 Å². The summed E-state index contributed by atoms with van der Waals surface area (Å²) in [4.78, 5) is 85.1. The van der Waals surface area contributed by atoms with Crippen molar-refractivity contribution < 1.29 is 37.3 Å². The van der Waals surface area contributed by atoms with Crippen molar-refractivity contribution in [3.63, 3.8) is 0 Å². The van der Waals surface area contributed by atoms with Gasteiger partial charge in [0.05, 0.1) is 36.5 Å². The van der Waals surface area contributed by atoms with Gasteiger partial charge in [-0.25, -0.2) is 44.6 Å². The standard InChI is InChI=1S/3C24H28N6O2.C23H27N7O2/c1-14(2)30-12-17(21-22(25)26-13-27-23(21)30)16-8-6-15(7-9-16)10-20(31)28-19-11-18(32-29-19)24(3,4)5;2*1-14(2)23-28-20(21-22(25)26-10-11-30(21)23)16-8-6-15(7-9-16)12-19(31)27-18-13-17(32-29-18)24(3,4)5;1-13(2)30-22-19(21(24)25-12-26-22)20(28-30)15-8-6-14(7-9-15)10-18(31)27-17-11-16(32-29-17)23(3,4)5/h6-9,11-14H,10H2,1-5H3,(H2,25,26,27)(H,28,29,31);2*6-11,13-14H,12H2,1-5H3,(H2,25,26)(H,27,29,31);6-9,11-13H,10H2,1-5H3,(H2,24,25,26)(H,27,29,31). The number of aromatic nitrogens is 17. The molecule has 0 bridgehead atoms. The fourth-order valence-corrected chi connectivity index (χ4v) is 14.1. The molecule has 0 saturated carbocycles. The largest absolute Gasteiger partial charge is 0.383 e. The maximum Gasteiger partial charge on any atom is 0.230 e. The van der Waals surface area contributed by atoms with Crippen molar-refractivity contribution in [2.75, 3.05) is 44.2 Å². The number of carbonyl (C=O) groups is 4. The average Bonchev–Trinajstić information content (AvgIpc) is 1.64. The fourth-order valence-electron chi connectivity index (χ4n) is 14.1. The maximum absolute atomic E-state index is 12.5. The molecule has 0 aliphatic carbocycles. The minimum absolute atomic E-state index is 0.124. The molecule has 0 aliphatic heterocycles. The number of hydrogen-bond acceptors (Lipinski definition) is 25. The molecule has 12 heterocycles. The number of imidazole rings is 2. The number of carbonyl (C=O) groups excluding carboxylic acids is 4. The van der Waals surface area contributed by atoms with E-state index in [2.05, 4.69) is 124 Å². The van der Waals surface area contributed by atoms with E-state index in [1.54, 1.807) is 36.7 Å². The van der Waals surface area contributed by atoms with E-state index in [1.807, 2.05) is 220 Å². The summed E-state index contributed by atoms with van der Waals surface area (Å²) >= 11 is 0. The summed E-state index contributed by atoms with van der Waals surface area (Å²) < 4.78 is 29.2. The number of rotatable bonds is 20. The third kappa shape index (κ3) is 21.1. The zero-order valence-corrected chi connectivity index (χ0v) is 75.9. The van der Waals surface area contributed by atoms with Gasteiger partial charge in [0.25, 0.3) is 0 Å². The molecule has 128 heavy (non-hydrogen) atoms. The summed E-state index contributed by atoms with van der Waals surface area (Å²) in [7, 11) is 0. The molecule has 33 nitrogen and oxygen atoms in total. The number of hydrogen-bond donors (Lipinski definition) is 8. The highest BCUT2D eigenvalue weighted by molar-refractivity contribution is 6.02. The maximum atomic E-state index is 12.5. The first kappa shape index (κ1) is 90.9. The van der Waals surface area contributed by atoms with Crippen LogP contribution in [0, 0.1) is 0 Å². The van der Waals surface area contributed by atoms with Crippen LogP contribution in [0.25, 0.3) is 78.0 Å². The summed E-state index contributed by atoms with van der Waals surface area (Å²) in [5.74, 6) is 7.97. The van der Waals surface area contributed by atoms with E-state index >= 15 is 0 Å². The van der Waals surface area contributed by atoms with E-state index in [4.69, 9.17) is 56.1 Å². The minimum Gasteiger partial charge on any atom is -0.383 e. The SMILES string of the molecule is CC(C)c1nc(-c2ccc(CC(=O)Nc3cc(C(C)(C)C)on3)cc2)c2c(N)nccn12.CC(C)c1nc(-c2ccc(CC(=O)Nc3cc(C(C)(C)C)on3)cc2)c2c(N)nccn12.CC(C)n1cc(-c2ccc(CC(=O)Nc3cc(C(C)(C)C)on3)cc2)c2c(N)ncnc21.CC(C)n1nc(-c2ccc(CC(=O)Nc3cc(C(C)(C)C)on3)cc2)c2c(N)ncnc21. The van der Waals surface area contributed by atoms with Crippen LogP contribution in [0.5, 0.6) is 0 Å². The first-order valence-corrected chi connectivity index (χ1v) is 42.3. The van der Waals surface area contributed by atoms with Gasteiger partial charge < -0.3 is 66.9 Å². The van der Waals surface area contributed by atoms with Crippen molar-refractivity contribution in [1.82, 2.24) is 83.6 Å². The van der Waals surface area contributed by atoms with Crippen LogP contribution in [0.1, 0.15) is 219 Å². The lowest BCUT2D eigenvalue weighted by Crippen LogP contribution is -2.14. The molecule has 0 fully saturated rings. The Kier molecular flexibility index (Phi) is 26.4. The van der Waals surface area contributed by atoms with Gasteiger partial charge in [0.15, 0.2) is 28.9 Å². The van der Waals surface area contributed by atoms with Crippen molar-refractivity contribution in [2.24, 2.45) is 0 Å². The zero-order chi connectivity index (χ0) is 92.2. The van der Waals surface area contributed by atoms with Crippen molar-refractivity contribution in [3.8, 4) is 44.9 Å². The van der Waals surface area contributed by atoms with E-state index in [0.717, 1.165) is 124 Å². The Hall–Kier alpha value is -14.8. The van der Waals surface area contributed by atoms with Crippen LogP contribution in [-0.2, 0) is 66.5 Å². The van der Waals surface area contributed by atoms with Gasteiger partial charge in [-0.3, -0.25) is 28.0 Å². The predicted octanol–water partition coefficient (Wildman–Crippen LogP) is 18.0. The summed E-state index contributed by atoms with van der Waals surface area (Å²) in [6.45, 7) is 40.9. The third-order valence-corrected chi connectivity index (χ3v) is 20.9. The monoisotopic (exact) mass is 1730 g/mol. The molecular weight excluding hydrogens is 1620 g/mol. The molecule has 0 atom stereocenters. The normalized spacial score (nSPS) is 11.9. The van der Waals surface area contributed by atoms with Gasteiger partial charge in [0.1, 0.15) is 104 Å². The molecular formula is C95H111N25O8. The molecule has 0 radical (unpaired) electrons. The molecule has 12 N–H and O–H groups in total. The fraction of sp³-hybridized carbons (Fsp3) is 0.337. The summed E-state index contributed by atoms with van der Waals surface area (Å²) in [6, 6.07) is 38.4. The molecule has 16 rings (SSSR count). The second-order valence-corrected chi connectivity index (χ2v) is 36.8. The quantitative estimate of drug-likeness (QED) is 0.0351. The summed E-state index contributed by atoms with van der Waals surface area (Å²) in [5, 5.41) is 33.2. The number of amides is 4. The van der Waals surface area contributed by atoms with Crippen LogP contribution in [0.4, 0.5) is 46.5 Å². The highest BCUT2D eigenvalue weighted by Gasteiger charge is 2.28. The van der Waals surface area contributed by atoms with Gasteiger partial charge in [-0.2, -0.15) is 5.10 Å². The highest BCUT2D eigenvalue weighted by Crippen LogP contribution is 2.39. The Morgan fingerprint density at radius 3 is 0.992 bits per heavy atom. The van der Waals surface area contributed by atoms with Gasteiger partial charge in [-0.05, 0) is 55.5 Å². The average molecular weight is 1730 g/mol. The second-order valence-electron chi connectivity index (χ2n) is 36.8. The van der Waals surface area contributed by atoms with Gasteiger partial charge in [-0.15, -0.1) is 0 Å². The van der Waals surface area contributed by atoms with Crippen LogP contribution in [0.3, 0.4) is 0 Å². The Labute approximate surface area is 741 Å². The molecule has 4 amide bonds. The number of nitrogens with one attached hydrogen (secondary N) is 4. The second kappa shape index (κ2) is 37.2. The topological polar surface area (TPSA) is 459 Å². The molecule has 0 unspecified atom stereocenters. The number of nitrogens with two attached hydrogens (primary N) is 4. The van der Waals surface area contributed by atoms with E-state index in [-0.39, 0.29) is 94.9 Å². The molecule has 33 heteroatoms. The molecule has 4 aromatic carbocycles. The third-order valence-electron chi connectivity index (χ3n) is 20.9. The number of benzene rings is 4. The van der Waals surface area contributed by atoms with Gasteiger partial charge in [0, 0.05) is 123 Å². The van der Waals surface area contributed by atoms with E-state index in [0.29, 0.717) is 58.0 Å². The van der Waals surface area contributed by atoms with E-state index in [9.17, 15) is 19.2 Å². The van der Waals surface area contributed by atoms with Crippen LogP contribution >= 0.6 is 0 Å². The Bertz CT molecular complexity index is 5850. The lowest BCUT2D eigenvalue weighted by molar-refractivity contribution is -0.116. The Morgan fingerprint density at radius 1 is 0.375 bits per heavy atom. The zero-order valence-electron chi connectivity index (χ0n) is 75.9. The Balaban J connectivity index is 0.000000146. The summed E-state index contributed by atoms with van der Waals surface area (Å²) in [6.07, 6.45) is 13.0. The van der Waals surface area contributed by atoms with Crippen LogP contribution < -0.4 is 44.2 Å². The van der Waals surface area contributed by atoms with Crippen LogP contribution in [0.2, 0.25) is 0 Å². The molecule has 16 aromatic rings. The first-order chi connectivity index (χ1) is 60.5. The number of fused-ring (bicyclic) bond motifs is 4. The molecule has 0 aliphatic rings. The lowest BCUT2D eigenvalue weighted by Gasteiger charge is -2.12. The number of nitrogen functional groups attached to an aromatic ring is 4. The summed E-state index contributed by atoms with van der Waals surface area (Å²) in [5.41, 5.74) is 37.6. The first-order valence-electron chi connectivity index (χ1n) is 42.3. The predicted molar refractivity (Wildman–Crippen MR) is 497 cm³/mol. The molecule has 0 spiro atoms. The number of nitrogens with zero attached hydrogens (tertiary/aromatic N) is 17. The van der Waals surface area contributed by atoms with Gasteiger partial charge >= 0.3 is 0 Å².